The van der Waals surface area contributed by atoms with E-state index in [1.807, 2.05) is 0 Å². The van der Waals surface area contributed by atoms with Gasteiger partial charge in [-0.3, -0.25) is 9.78 Å². The zero-order valence-electron chi connectivity index (χ0n) is 8.86. The van der Waals surface area contributed by atoms with Crippen LogP contribution in [-0.2, 0) is 6.42 Å². The second-order valence-electron chi connectivity index (χ2n) is 3.56. The third-order valence-electron chi connectivity index (χ3n) is 2.37. The minimum absolute atomic E-state index is 0.0225. The van der Waals surface area contributed by atoms with Gasteiger partial charge in [0.1, 0.15) is 0 Å². The SMILES string of the molecule is O=C(Cc1ccncc1)c1cccc(Cl)c1F. The highest BCUT2D eigenvalue weighted by Gasteiger charge is 2.14. The third-order valence-corrected chi connectivity index (χ3v) is 2.66. The summed E-state index contributed by atoms with van der Waals surface area (Å²) in [7, 11) is 0. The summed E-state index contributed by atoms with van der Waals surface area (Å²) in [4.78, 5) is 15.7. The lowest BCUT2D eigenvalue weighted by molar-refractivity contribution is 0.0989. The molecule has 0 radical (unpaired) electrons. The number of ketones is 1. The fourth-order valence-corrected chi connectivity index (χ4v) is 1.67. The summed E-state index contributed by atoms with van der Waals surface area (Å²) in [6.45, 7) is 0. The third kappa shape index (κ3) is 2.68. The van der Waals surface area contributed by atoms with Crippen LogP contribution in [0.4, 0.5) is 4.39 Å². The van der Waals surface area contributed by atoms with E-state index in [0.717, 1.165) is 5.56 Å². The molecule has 0 spiro atoms. The first-order chi connectivity index (χ1) is 8.18. The van der Waals surface area contributed by atoms with Gasteiger partial charge in [-0.1, -0.05) is 17.7 Å². The smallest absolute Gasteiger partial charge is 0.170 e. The monoisotopic (exact) mass is 249 g/mol. The van der Waals surface area contributed by atoms with E-state index >= 15 is 0 Å². The van der Waals surface area contributed by atoms with E-state index in [-0.39, 0.29) is 22.8 Å². The molecule has 1 aromatic heterocycles. The molecule has 2 nitrogen and oxygen atoms in total. The van der Waals surface area contributed by atoms with Gasteiger partial charge in [-0.2, -0.15) is 0 Å². The molecular weight excluding hydrogens is 241 g/mol. The summed E-state index contributed by atoms with van der Waals surface area (Å²) in [5, 5.41) is -0.0365. The lowest BCUT2D eigenvalue weighted by atomic mass is 10.0. The molecule has 4 heteroatoms. The number of pyridine rings is 1. The number of aromatic nitrogens is 1. The first kappa shape index (κ1) is 11.7. The molecule has 0 aliphatic heterocycles. The molecule has 1 aromatic carbocycles. The molecule has 0 aliphatic rings. The van der Waals surface area contributed by atoms with Crippen molar-refractivity contribution in [2.75, 3.05) is 0 Å². The Morgan fingerprint density at radius 2 is 1.94 bits per heavy atom. The van der Waals surface area contributed by atoms with Crippen LogP contribution in [0.1, 0.15) is 15.9 Å². The molecule has 0 N–H and O–H groups in total. The van der Waals surface area contributed by atoms with Crippen LogP contribution in [0.25, 0.3) is 0 Å². The topological polar surface area (TPSA) is 30.0 Å². The minimum atomic E-state index is -0.659. The van der Waals surface area contributed by atoms with Crippen molar-refractivity contribution in [2.45, 2.75) is 6.42 Å². The van der Waals surface area contributed by atoms with Gasteiger partial charge in [0.05, 0.1) is 10.6 Å². The van der Waals surface area contributed by atoms with Crippen LogP contribution in [0, 0.1) is 5.82 Å². The lowest BCUT2D eigenvalue weighted by Crippen LogP contribution is -2.06. The van der Waals surface area contributed by atoms with Gasteiger partial charge in [-0.15, -0.1) is 0 Å². The van der Waals surface area contributed by atoms with Crippen LogP contribution in [0.3, 0.4) is 0 Å². The molecule has 17 heavy (non-hydrogen) atoms. The number of carbonyl (C=O) groups excluding carboxylic acids is 1. The summed E-state index contributed by atoms with van der Waals surface area (Å²) in [6.07, 6.45) is 3.33. The molecule has 0 saturated carbocycles. The second kappa shape index (κ2) is 5.06. The number of rotatable bonds is 3. The Hall–Kier alpha value is -1.74. The van der Waals surface area contributed by atoms with Gasteiger partial charge < -0.3 is 0 Å². The highest BCUT2D eigenvalue weighted by molar-refractivity contribution is 6.31. The Morgan fingerprint density at radius 1 is 1.24 bits per heavy atom. The number of hydrogen-bond donors (Lipinski definition) is 0. The molecule has 0 bridgehead atoms. The predicted molar refractivity (Wildman–Crippen MR) is 63.7 cm³/mol. The van der Waals surface area contributed by atoms with Crippen molar-refractivity contribution in [3.8, 4) is 0 Å². The number of nitrogens with zero attached hydrogens (tertiary/aromatic N) is 1. The zero-order valence-corrected chi connectivity index (χ0v) is 9.62. The van der Waals surface area contributed by atoms with Crippen molar-refractivity contribution in [3.63, 3.8) is 0 Å². The van der Waals surface area contributed by atoms with Gasteiger partial charge >= 0.3 is 0 Å². The highest BCUT2D eigenvalue weighted by Crippen LogP contribution is 2.19. The van der Waals surface area contributed by atoms with Crippen molar-refractivity contribution in [1.29, 1.82) is 0 Å². The van der Waals surface area contributed by atoms with Crippen molar-refractivity contribution >= 4 is 17.4 Å². The van der Waals surface area contributed by atoms with Crippen LogP contribution in [-0.4, -0.2) is 10.8 Å². The van der Waals surface area contributed by atoms with Crippen LogP contribution in [0.15, 0.2) is 42.7 Å². The number of benzene rings is 1. The van der Waals surface area contributed by atoms with Gasteiger partial charge in [0.25, 0.3) is 0 Å². The molecule has 1 heterocycles. The van der Waals surface area contributed by atoms with Gasteiger partial charge in [-0.25, -0.2) is 4.39 Å². The van der Waals surface area contributed by atoms with E-state index in [1.165, 1.54) is 12.1 Å². The van der Waals surface area contributed by atoms with Crippen molar-refractivity contribution < 1.29 is 9.18 Å². The summed E-state index contributed by atoms with van der Waals surface area (Å²) in [5.41, 5.74) is 0.818. The summed E-state index contributed by atoms with van der Waals surface area (Å²) < 4.78 is 13.6. The summed E-state index contributed by atoms with van der Waals surface area (Å²) in [5.74, 6) is -0.954. The van der Waals surface area contributed by atoms with Crippen molar-refractivity contribution in [1.82, 2.24) is 4.98 Å². The lowest BCUT2D eigenvalue weighted by Gasteiger charge is -2.03. The zero-order chi connectivity index (χ0) is 12.3. The van der Waals surface area contributed by atoms with Crippen LogP contribution in [0.5, 0.6) is 0 Å². The van der Waals surface area contributed by atoms with Crippen LogP contribution < -0.4 is 0 Å². The van der Waals surface area contributed by atoms with Crippen LogP contribution >= 0.6 is 11.6 Å². The number of halogens is 2. The normalized spacial score (nSPS) is 10.2. The molecule has 86 valence electrons. The first-order valence-corrected chi connectivity index (χ1v) is 5.42. The fraction of sp³-hybridized carbons (Fsp3) is 0.0769. The molecular formula is C13H9ClFNO. The largest absolute Gasteiger partial charge is 0.294 e. The summed E-state index contributed by atoms with van der Waals surface area (Å²) >= 11 is 5.62. The minimum Gasteiger partial charge on any atom is -0.294 e. The van der Waals surface area contributed by atoms with Gasteiger partial charge in [-0.05, 0) is 29.8 Å². The van der Waals surface area contributed by atoms with Gasteiger partial charge in [0.15, 0.2) is 11.6 Å². The molecule has 0 atom stereocenters. The molecule has 0 fully saturated rings. The molecule has 0 aliphatic carbocycles. The van der Waals surface area contributed by atoms with Gasteiger partial charge in [0.2, 0.25) is 0 Å². The Morgan fingerprint density at radius 3 is 2.65 bits per heavy atom. The maximum atomic E-state index is 13.6. The Bertz CT molecular complexity index is 542. The van der Waals surface area contributed by atoms with E-state index in [1.54, 1.807) is 30.6 Å². The molecule has 2 rings (SSSR count). The second-order valence-corrected chi connectivity index (χ2v) is 3.96. The predicted octanol–water partition coefficient (Wildman–Crippen LogP) is 3.30. The number of Topliss-reactive ketones (excluding diaryl/α,β-unsaturated/α-hetero) is 1. The van der Waals surface area contributed by atoms with Crippen molar-refractivity contribution in [2.24, 2.45) is 0 Å². The molecule has 0 unspecified atom stereocenters. The van der Waals surface area contributed by atoms with E-state index in [4.69, 9.17) is 11.6 Å². The van der Waals surface area contributed by atoms with Crippen LogP contribution in [0.2, 0.25) is 5.02 Å². The maximum Gasteiger partial charge on any atom is 0.170 e. The standard InChI is InChI=1S/C13H9ClFNO/c14-11-3-1-2-10(13(11)15)12(17)8-9-4-6-16-7-5-9/h1-7H,8H2. The van der Waals surface area contributed by atoms with E-state index in [0.29, 0.717) is 0 Å². The molecule has 2 aromatic rings. The Labute approximate surface area is 103 Å². The fourth-order valence-electron chi connectivity index (χ4n) is 1.50. The number of hydrogen-bond acceptors (Lipinski definition) is 2. The quantitative estimate of drug-likeness (QED) is 0.782. The van der Waals surface area contributed by atoms with E-state index < -0.39 is 5.82 Å². The Kier molecular flexibility index (Phi) is 3.49. The first-order valence-electron chi connectivity index (χ1n) is 5.04. The average molecular weight is 250 g/mol. The van der Waals surface area contributed by atoms with E-state index in [9.17, 15) is 9.18 Å². The Balaban J connectivity index is 2.24. The molecule has 0 saturated heterocycles. The highest BCUT2D eigenvalue weighted by atomic mass is 35.5. The average Bonchev–Trinajstić information content (AvgIpc) is 2.34. The maximum absolute atomic E-state index is 13.6. The van der Waals surface area contributed by atoms with E-state index in [2.05, 4.69) is 4.98 Å². The van der Waals surface area contributed by atoms with Crippen molar-refractivity contribution in [3.05, 3.63) is 64.7 Å². The van der Waals surface area contributed by atoms with Gasteiger partial charge in [0, 0.05) is 18.8 Å². The molecule has 0 amide bonds. The number of carbonyl (C=O) groups is 1. The summed E-state index contributed by atoms with van der Waals surface area (Å²) in [6, 6.07) is 7.86.